The molecule has 146 valence electrons. The van der Waals surface area contributed by atoms with Crippen molar-refractivity contribution in [1.29, 1.82) is 0 Å². The van der Waals surface area contributed by atoms with Gasteiger partial charge in [-0.25, -0.2) is 0 Å². The number of likely N-dealkylation sites (tertiary alicyclic amines) is 1. The fourth-order valence-electron chi connectivity index (χ4n) is 3.29. The first-order chi connectivity index (χ1) is 13.7. The maximum atomic E-state index is 9.85. The predicted molar refractivity (Wildman–Crippen MR) is 113 cm³/mol. The summed E-state index contributed by atoms with van der Waals surface area (Å²) in [5, 5.41) is 18.5. The molecule has 28 heavy (non-hydrogen) atoms. The van der Waals surface area contributed by atoms with Gasteiger partial charge in [0.05, 0.1) is 6.54 Å². The van der Waals surface area contributed by atoms with Crippen LogP contribution < -0.4 is 15.0 Å². The summed E-state index contributed by atoms with van der Waals surface area (Å²) in [6.07, 6.45) is 1.71. The van der Waals surface area contributed by atoms with Crippen molar-refractivity contribution < 1.29 is 14.7 Å². The Balaban J connectivity index is 1.38. The highest BCUT2D eigenvalue weighted by atomic mass is 32.1. The molecular weight excluding hydrogens is 392 g/mol. The number of hydrogen-bond donors (Lipinski definition) is 3. The molecule has 0 saturated carbocycles. The van der Waals surface area contributed by atoms with Gasteiger partial charge in [-0.3, -0.25) is 0 Å². The van der Waals surface area contributed by atoms with Crippen LogP contribution in [0.5, 0.6) is 11.5 Å². The quantitative estimate of drug-likeness (QED) is 0.540. The Morgan fingerprint density at radius 3 is 2.68 bits per heavy atom. The number of nitrogens with one attached hydrogen (secondary N) is 2. The van der Waals surface area contributed by atoms with Crippen LogP contribution >= 0.6 is 23.6 Å². The van der Waals surface area contributed by atoms with Crippen LogP contribution in [0.2, 0.25) is 0 Å². The Bertz CT molecular complexity index is 956. The molecule has 3 aromatic rings. The van der Waals surface area contributed by atoms with Gasteiger partial charge >= 0.3 is 0 Å². The van der Waals surface area contributed by atoms with Crippen molar-refractivity contribution in [1.82, 2.24) is 9.78 Å². The molecule has 0 radical (unpaired) electrons. The van der Waals surface area contributed by atoms with E-state index < -0.39 is 0 Å². The Morgan fingerprint density at radius 1 is 1.18 bits per heavy atom. The summed E-state index contributed by atoms with van der Waals surface area (Å²) in [6.45, 7) is 2.49. The minimum Gasteiger partial charge on any atom is -0.457 e. The normalized spacial score (nSPS) is 19.3. The number of aliphatic hydroxyl groups excluding tert-OH is 1. The van der Waals surface area contributed by atoms with Crippen LogP contribution in [0.3, 0.4) is 0 Å². The number of piperidine rings is 1. The van der Waals surface area contributed by atoms with E-state index in [-0.39, 0.29) is 6.10 Å². The van der Waals surface area contributed by atoms with Crippen molar-refractivity contribution in [2.24, 2.45) is 0 Å². The lowest BCUT2D eigenvalue weighted by atomic mass is 10.1. The largest absolute Gasteiger partial charge is 0.457 e. The van der Waals surface area contributed by atoms with E-state index in [1.807, 2.05) is 59.3 Å². The third-order valence-corrected chi connectivity index (χ3v) is 5.88. The second-order valence-corrected chi connectivity index (χ2v) is 8.52. The van der Waals surface area contributed by atoms with Crippen LogP contribution in [-0.4, -0.2) is 34.1 Å². The maximum absolute atomic E-state index is 9.85. The molecule has 1 saturated heterocycles. The molecule has 1 aliphatic rings. The minimum absolute atomic E-state index is 0.217. The van der Waals surface area contributed by atoms with E-state index >= 15 is 0 Å². The number of hydrogen-bond acceptors (Lipinski definition) is 6. The SMILES string of the molecule is O[C@@H]1CCC[NH+](Cn2nc(Nc3ccc(Oc4ccccc4)cc3)sc2=S)C1. The van der Waals surface area contributed by atoms with Gasteiger partial charge in [-0.1, -0.05) is 29.5 Å². The van der Waals surface area contributed by atoms with Crippen molar-refractivity contribution in [3.8, 4) is 11.5 Å². The van der Waals surface area contributed by atoms with Gasteiger partial charge in [-0.05, 0) is 61.5 Å². The fourth-order valence-corrected chi connectivity index (χ4v) is 4.32. The van der Waals surface area contributed by atoms with E-state index in [4.69, 9.17) is 17.0 Å². The molecule has 2 aromatic carbocycles. The van der Waals surface area contributed by atoms with Crippen LogP contribution in [0.4, 0.5) is 10.8 Å². The molecule has 0 spiro atoms. The van der Waals surface area contributed by atoms with E-state index in [1.165, 1.54) is 16.2 Å². The molecule has 0 bridgehead atoms. The smallest absolute Gasteiger partial charge is 0.209 e. The Hall–Kier alpha value is -2.26. The number of anilines is 2. The zero-order valence-electron chi connectivity index (χ0n) is 15.4. The molecule has 1 unspecified atom stereocenters. The molecule has 2 atom stereocenters. The summed E-state index contributed by atoms with van der Waals surface area (Å²) in [4.78, 5) is 1.31. The average Bonchev–Trinajstić information content (AvgIpc) is 3.03. The van der Waals surface area contributed by atoms with Gasteiger partial charge < -0.3 is 20.1 Å². The number of ether oxygens (including phenoxy) is 1. The first-order valence-corrected chi connectivity index (χ1v) is 10.6. The first-order valence-electron chi connectivity index (χ1n) is 9.35. The highest BCUT2D eigenvalue weighted by Crippen LogP contribution is 2.25. The van der Waals surface area contributed by atoms with Crippen molar-refractivity contribution >= 4 is 34.4 Å². The summed E-state index contributed by atoms with van der Waals surface area (Å²) in [6, 6.07) is 17.5. The highest BCUT2D eigenvalue weighted by Gasteiger charge is 2.22. The van der Waals surface area contributed by atoms with E-state index in [0.29, 0.717) is 6.67 Å². The van der Waals surface area contributed by atoms with Gasteiger partial charge in [0.1, 0.15) is 24.1 Å². The Kier molecular flexibility index (Phi) is 6.01. The average molecular weight is 416 g/mol. The second kappa shape index (κ2) is 8.83. The number of quaternary nitrogens is 1. The number of rotatable bonds is 6. The Labute approximate surface area is 173 Å². The molecule has 1 aromatic heterocycles. The number of benzene rings is 2. The van der Waals surface area contributed by atoms with E-state index in [0.717, 1.165) is 52.2 Å². The number of para-hydroxylation sites is 1. The third-order valence-electron chi connectivity index (χ3n) is 4.66. The summed E-state index contributed by atoms with van der Waals surface area (Å²) in [5.41, 5.74) is 0.928. The zero-order valence-corrected chi connectivity index (χ0v) is 17.0. The topological polar surface area (TPSA) is 63.8 Å². The summed E-state index contributed by atoms with van der Waals surface area (Å²) >= 11 is 6.92. The molecule has 2 heterocycles. The monoisotopic (exact) mass is 415 g/mol. The summed E-state index contributed by atoms with van der Waals surface area (Å²) in [7, 11) is 0. The van der Waals surface area contributed by atoms with Gasteiger partial charge in [-0.2, -0.15) is 4.68 Å². The lowest BCUT2D eigenvalue weighted by molar-refractivity contribution is -0.931. The molecule has 0 aliphatic carbocycles. The van der Waals surface area contributed by atoms with E-state index in [1.54, 1.807) is 0 Å². The maximum Gasteiger partial charge on any atom is 0.209 e. The lowest BCUT2D eigenvalue weighted by Crippen LogP contribution is -3.13. The van der Waals surface area contributed by atoms with Gasteiger partial charge in [0.2, 0.25) is 5.13 Å². The number of aliphatic hydroxyl groups is 1. The van der Waals surface area contributed by atoms with Crippen molar-refractivity contribution in [2.45, 2.75) is 25.6 Å². The molecule has 4 rings (SSSR count). The highest BCUT2D eigenvalue weighted by molar-refractivity contribution is 7.73. The van der Waals surface area contributed by atoms with Gasteiger partial charge in [-0.15, -0.1) is 5.10 Å². The second-order valence-electron chi connectivity index (χ2n) is 6.90. The van der Waals surface area contributed by atoms with E-state index in [9.17, 15) is 5.11 Å². The van der Waals surface area contributed by atoms with Crippen molar-refractivity contribution in [2.75, 3.05) is 18.4 Å². The van der Waals surface area contributed by atoms with Gasteiger partial charge in [0.15, 0.2) is 10.6 Å². The van der Waals surface area contributed by atoms with Crippen LogP contribution in [0.25, 0.3) is 0 Å². The molecular formula is C20H23N4O2S2+. The standard InChI is InChI=1S/C20H22N4O2S2/c25-16-5-4-12-23(13-16)14-24-20(27)28-19(22-24)21-15-8-10-18(11-9-15)26-17-6-2-1-3-7-17/h1-3,6-11,16,25H,4-5,12-14H2,(H,21,22)/p+1/t16-/m1/s1. The van der Waals surface area contributed by atoms with Crippen LogP contribution in [0.15, 0.2) is 54.6 Å². The number of aromatic nitrogens is 2. The van der Waals surface area contributed by atoms with Crippen LogP contribution in [-0.2, 0) is 6.67 Å². The molecule has 3 N–H and O–H groups in total. The van der Waals surface area contributed by atoms with Crippen molar-refractivity contribution in [3.05, 3.63) is 58.6 Å². The summed E-state index contributed by atoms with van der Waals surface area (Å²) in [5.74, 6) is 1.59. The predicted octanol–water partition coefficient (Wildman–Crippen LogP) is 3.21. The van der Waals surface area contributed by atoms with Crippen LogP contribution in [0.1, 0.15) is 12.8 Å². The van der Waals surface area contributed by atoms with E-state index in [2.05, 4.69) is 10.4 Å². The molecule has 0 amide bonds. The lowest BCUT2D eigenvalue weighted by Gasteiger charge is -2.26. The van der Waals surface area contributed by atoms with Crippen molar-refractivity contribution in [3.63, 3.8) is 0 Å². The molecule has 1 fully saturated rings. The Morgan fingerprint density at radius 2 is 1.93 bits per heavy atom. The zero-order chi connectivity index (χ0) is 19.3. The van der Waals surface area contributed by atoms with Gasteiger partial charge in [0, 0.05) is 5.69 Å². The summed E-state index contributed by atoms with van der Waals surface area (Å²) < 4.78 is 8.40. The fraction of sp³-hybridized carbons (Fsp3) is 0.300. The van der Waals surface area contributed by atoms with Gasteiger partial charge in [0.25, 0.3) is 0 Å². The third kappa shape index (κ3) is 4.96. The number of nitrogens with zero attached hydrogens (tertiary/aromatic N) is 2. The molecule has 8 heteroatoms. The minimum atomic E-state index is -0.217. The molecule has 1 aliphatic heterocycles. The van der Waals surface area contributed by atoms with Crippen LogP contribution in [0, 0.1) is 3.95 Å². The molecule has 6 nitrogen and oxygen atoms in total. The first kappa shape index (κ1) is 19.1.